The van der Waals surface area contributed by atoms with Gasteiger partial charge in [-0.3, -0.25) is 0 Å². The molecular formula is C16H16N2O. The highest BCUT2D eigenvalue weighted by atomic mass is 16.5. The van der Waals surface area contributed by atoms with Crippen LogP contribution in [0.25, 0.3) is 16.6 Å². The Hall–Kier alpha value is -2.29. The van der Waals surface area contributed by atoms with Crippen LogP contribution < -0.4 is 4.74 Å². The van der Waals surface area contributed by atoms with Gasteiger partial charge in [-0.15, -0.1) is 0 Å². The molecule has 0 spiro atoms. The minimum atomic E-state index is 0.870. The summed E-state index contributed by atoms with van der Waals surface area (Å²) in [5.74, 6) is 0.870. The van der Waals surface area contributed by atoms with Crippen LogP contribution in [0.3, 0.4) is 0 Å². The van der Waals surface area contributed by atoms with Crippen molar-refractivity contribution >= 4 is 10.9 Å². The molecule has 2 aromatic carbocycles. The second-order valence-electron chi connectivity index (χ2n) is 4.43. The van der Waals surface area contributed by atoms with Gasteiger partial charge in [-0.25, -0.2) is 4.68 Å². The molecule has 0 bridgehead atoms. The summed E-state index contributed by atoms with van der Waals surface area (Å²) in [5, 5.41) is 5.85. The fourth-order valence-corrected chi connectivity index (χ4v) is 2.37. The van der Waals surface area contributed by atoms with Gasteiger partial charge in [0.15, 0.2) is 0 Å². The third kappa shape index (κ3) is 1.97. The summed E-state index contributed by atoms with van der Waals surface area (Å²) in [6, 6.07) is 16.2. The van der Waals surface area contributed by atoms with Gasteiger partial charge < -0.3 is 4.74 Å². The predicted octanol–water partition coefficient (Wildman–Crippen LogP) is 3.60. The standard InChI is InChI=1S/C16H16N2O/c1-3-16-14-11-13(19-2)9-10-15(14)17-18(16)12-7-5-4-6-8-12/h4-11H,3H2,1-2H3. The first kappa shape index (κ1) is 11.8. The molecule has 0 radical (unpaired) electrons. The topological polar surface area (TPSA) is 27.1 Å². The molecule has 19 heavy (non-hydrogen) atoms. The van der Waals surface area contributed by atoms with Gasteiger partial charge in [0, 0.05) is 5.39 Å². The van der Waals surface area contributed by atoms with Crippen LogP contribution in [-0.2, 0) is 6.42 Å². The first-order chi connectivity index (χ1) is 9.33. The van der Waals surface area contributed by atoms with Crippen molar-refractivity contribution in [3.05, 3.63) is 54.2 Å². The Morgan fingerprint density at radius 1 is 1.11 bits per heavy atom. The van der Waals surface area contributed by atoms with E-state index in [0.29, 0.717) is 0 Å². The van der Waals surface area contributed by atoms with Gasteiger partial charge >= 0.3 is 0 Å². The van der Waals surface area contributed by atoms with Crippen molar-refractivity contribution in [2.45, 2.75) is 13.3 Å². The van der Waals surface area contributed by atoms with Gasteiger partial charge in [-0.2, -0.15) is 5.10 Å². The van der Waals surface area contributed by atoms with E-state index in [1.807, 2.05) is 35.0 Å². The number of aromatic nitrogens is 2. The molecule has 0 atom stereocenters. The van der Waals surface area contributed by atoms with Crippen LogP contribution in [0.5, 0.6) is 5.75 Å². The van der Waals surface area contributed by atoms with E-state index in [1.165, 1.54) is 5.69 Å². The quantitative estimate of drug-likeness (QED) is 0.712. The van der Waals surface area contributed by atoms with Crippen molar-refractivity contribution in [1.29, 1.82) is 0 Å². The Bertz CT molecular complexity index is 701. The average Bonchev–Trinajstić information content (AvgIpc) is 2.85. The minimum absolute atomic E-state index is 0.870. The Labute approximate surface area is 112 Å². The second-order valence-corrected chi connectivity index (χ2v) is 4.43. The van der Waals surface area contributed by atoms with Crippen molar-refractivity contribution in [2.24, 2.45) is 0 Å². The fraction of sp³-hybridized carbons (Fsp3) is 0.188. The van der Waals surface area contributed by atoms with E-state index >= 15 is 0 Å². The van der Waals surface area contributed by atoms with E-state index in [9.17, 15) is 0 Å². The summed E-state index contributed by atoms with van der Waals surface area (Å²) in [6.07, 6.45) is 0.929. The summed E-state index contributed by atoms with van der Waals surface area (Å²) >= 11 is 0. The molecule has 3 rings (SSSR count). The number of nitrogens with zero attached hydrogens (tertiary/aromatic N) is 2. The number of hydrogen-bond donors (Lipinski definition) is 0. The molecule has 3 aromatic rings. The van der Waals surface area contributed by atoms with E-state index in [2.05, 4.69) is 25.1 Å². The molecule has 1 aromatic heterocycles. The molecule has 0 unspecified atom stereocenters. The second kappa shape index (κ2) is 4.76. The van der Waals surface area contributed by atoms with E-state index in [1.54, 1.807) is 7.11 Å². The molecule has 0 aliphatic rings. The Balaban J connectivity index is 2.26. The summed E-state index contributed by atoms with van der Waals surface area (Å²) in [7, 11) is 1.69. The average molecular weight is 252 g/mol. The maximum absolute atomic E-state index is 5.30. The van der Waals surface area contributed by atoms with Crippen molar-refractivity contribution < 1.29 is 4.74 Å². The Morgan fingerprint density at radius 3 is 2.58 bits per heavy atom. The number of ether oxygens (including phenoxy) is 1. The molecule has 0 saturated carbocycles. The smallest absolute Gasteiger partial charge is 0.119 e. The lowest BCUT2D eigenvalue weighted by Crippen LogP contribution is -2.00. The number of aryl methyl sites for hydroxylation is 1. The summed E-state index contributed by atoms with van der Waals surface area (Å²) in [6.45, 7) is 2.15. The molecule has 0 aliphatic heterocycles. The molecule has 0 fully saturated rings. The molecule has 3 heteroatoms. The zero-order chi connectivity index (χ0) is 13.2. The zero-order valence-corrected chi connectivity index (χ0v) is 11.1. The van der Waals surface area contributed by atoms with Crippen LogP contribution in [0.15, 0.2) is 48.5 Å². The van der Waals surface area contributed by atoms with E-state index in [0.717, 1.165) is 28.8 Å². The van der Waals surface area contributed by atoms with Crippen LogP contribution in [0.2, 0.25) is 0 Å². The summed E-state index contributed by atoms with van der Waals surface area (Å²) in [5.41, 5.74) is 3.30. The summed E-state index contributed by atoms with van der Waals surface area (Å²) in [4.78, 5) is 0. The Morgan fingerprint density at radius 2 is 1.89 bits per heavy atom. The number of hydrogen-bond acceptors (Lipinski definition) is 2. The van der Waals surface area contributed by atoms with Crippen LogP contribution in [0, 0.1) is 0 Å². The van der Waals surface area contributed by atoms with Gasteiger partial charge in [0.2, 0.25) is 0 Å². The molecule has 0 N–H and O–H groups in total. The number of benzene rings is 2. The number of rotatable bonds is 3. The van der Waals surface area contributed by atoms with E-state index in [4.69, 9.17) is 9.84 Å². The highest BCUT2D eigenvalue weighted by Crippen LogP contribution is 2.26. The number of methoxy groups -OCH3 is 1. The third-order valence-electron chi connectivity index (χ3n) is 3.31. The predicted molar refractivity (Wildman–Crippen MR) is 77.0 cm³/mol. The van der Waals surface area contributed by atoms with Crippen molar-refractivity contribution in [1.82, 2.24) is 9.78 Å². The zero-order valence-electron chi connectivity index (χ0n) is 11.1. The lowest BCUT2D eigenvalue weighted by atomic mass is 10.1. The lowest BCUT2D eigenvalue weighted by molar-refractivity contribution is 0.415. The van der Waals surface area contributed by atoms with Crippen LogP contribution in [-0.4, -0.2) is 16.9 Å². The van der Waals surface area contributed by atoms with E-state index < -0.39 is 0 Å². The largest absolute Gasteiger partial charge is 0.497 e. The van der Waals surface area contributed by atoms with Crippen molar-refractivity contribution in [2.75, 3.05) is 7.11 Å². The van der Waals surface area contributed by atoms with Crippen molar-refractivity contribution in [3.8, 4) is 11.4 Å². The van der Waals surface area contributed by atoms with Crippen LogP contribution in [0.1, 0.15) is 12.6 Å². The summed E-state index contributed by atoms with van der Waals surface area (Å²) < 4.78 is 7.32. The van der Waals surface area contributed by atoms with Gasteiger partial charge in [0.05, 0.1) is 24.0 Å². The first-order valence-electron chi connectivity index (χ1n) is 6.44. The Kier molecular flexibility index (Phi) is 2.95. The maximum atomic E-state index is 5.30. The fourth-order valence-electron chi connectivity index (χ4n) is 2.37. The molecule has 3 nitrogen and oxygen atoms in total. The van der Waals surface area contributed by atoms with Gasteiger partial charge in [0.1, 0.15) is 5.75 Å². The van der Waals surface area contributed by atoms with Crippen LogP contribution >= 0.6 is 0 Å². The number of para-hydroxylation sites is 1. The van der Waals surface area contributed by atoms with Gasteiger partial charge in [-0.05, 0) is 36.8 Å². The number of fused-ring (bicyclic) bond motifs is 1. The molecule has 0 amide bonds. The van der Waals surface area contributed by atoms with Crippen molar-refractivity contribution in [3.63, 3.8) is 0 Å². The van der Waals surface area contributed by atoms with Crippen LogP contribution in [0.4, 0.5) is 0 Å². The van der Waals surface area contributed by atoms with Gasteiger partial charge in [-0.1, -0.05) is 25.1 Å². The molecule has 0 aliphatic carbocycles. The monoisotopic (exact) mass is 252 g/mol. The minimum Gasteiger partial charge on any atom is -0.497 e. The molecule has 1 heterocycles. The molecule has 96 valence electrons. The highest BCUT2D eigenvalue weighted by molar-refractivity contribution is 5.83. The molecular weight excluding hydrogens is 236 g/mol. The van der Waals surface area contributed by atoms with E-state index in [-0.39, 0.29) is 0 Å². The first-order valence-corrected chi connectivity index (χ1v) is 6.44. The van der Waals surface area contributed by atoms with Gasteiger partial charge in [0.25, 0.3) is 0 Å². The normalized spacial score (nSPS) is 10.8. The highest BCUT2D eigenvalue weighted by Gasteiger charge is 2.11. The maximum Gasteiger partial charge on any atom is 0.119 e. The lowest BCUT2D eigenvalue weighted by Gasteiger charge is -2.05. The molecule has 0 saturated heterocycles. The third-order valence-corrected chi connectivity index (χ3v) is 3.31. The SMILES string of the molecule is CCc1c2cc(OC)ccc2nn1-c1ccccc1.